The van der Waals surface area contributed by atoms with Crippen LogP contribution in [0.3, 0.4) is 0 Å². The smallest absolute Gasteiger partial charge is 0.311 e. The van der Waals surface area contributed by atoms with Crippen LogP contribution in [-0.4, -0.2) is 19.4 Å². The van der Waals surface area contributed by atoms with Gasteiger partial charge in [0.1, 0.15) is 6.29 Å². The van der Waals surface area contributed by atoms with Crippen molar-refractivity contribution in [1.82, 2.24) is 0 Å². The predicted octanol–water partition coefficient (Wildman–Crippen LogP) is 4.55. The molecule has 134 valence electrons. The van der Waals surface area contributed by atoms with E-state index in [0.29, 0.717) is 17.8 Å². The minimum atomic E-state index is -0.395. The van der Waals surface area contributed by atoms with Crippen molar-refractivity contribution < 1.29 is 14.3 Å². The molecule has 0 spiro atoms. The van der Waals surface area contributed by atoms with Crippen LogP contribution in [0.2, 0.25) is 0 Å². The second-order valence-electron chi connectivity index (χ2n) is 9.12. The maximum atomic E-state index is 12.6. The predicted molar refractivity (Wildman–Crippen MR) is 94.3 cm³/mol. The van der Waals surface area contributed by atoms with Crippen LogP contribution in [0.15, 0.2) is 11.6 Å². The molecule has 0 aromatic rings. The fourth-order valence-corrected chi connectivity index (χ4v) is 6.49. The highest BCUT2D eigenvalue weighted by Crippen LogP contribution is 2.66. The van der Waals surface area contributed by atoms with Crippen molar-refractivity contribution in [3.8, 4) is 0 Å². The molecule has 3 nitrogen and oxygen atoms in total. The number of methoxy groups -OCH3 is 1. The highest BCUT2D eigenvalue weighted by atomic mass is 16.5. The van der Waals surface area contributed by atoms with E-state index in [4.69, 9.17) is 4.74 Å². The molecule has 0 aromatic heterocycles. The maximum Gasteiger partial charge on any atom is 0.311 e. The van der Waals surface area contributed by atoms with Crippen LogP contribution in [0.1, 0.15) is 66.2 Å². The number of hydrogen-bond acceptors (Lipinski definition) is 3. The molecule has 0 aromatic carbocycles. The van der Waals surface area contributed by atoms with Crippen molar-refractivity contribution in [3.05, 3.63) is 11.6 Å². The zero-order chi connectivity index (χ0) is 17.8. The Morgan fingerprint density at radius 1 is 1.29 bits per heavy atom. The van der Waals surface area contributed by atoms with Crippen molar-refractivity contribution in [2.75, 3.05) is 7.11 Å². The van der Waals surface area contributed by atoms with Gasteiger partial charge in [-0.25, -0.2) is 0 Å². The molecule has 3 heteroatoms. The van der Waals surface area contributed by atoms with Crippen LogP contribution in [-0.2, 0) is 14.3 Å². The standard InChI is InChI=1S/C21H32O3/c1-14(2)21(13-22)12-9-15-16(21)7-8-17-19(15,3)10-6-11-20(17,4)18(23)24-5/h7,13-15,17H,6,8-12H2,1-5H3/t15-,17+,19+,20+,21?/m0/s1. The van der Waals surface area contributed by atoms with Gasteiger partial charge in [-0.15, -0.1) is 0 Å². The number of aldehydes is 1. The molecule has 2 saturated carbocycles. The first kappa shape index (κ1) is 17.7. The molecule has 0 saturated heterocycles. The van der Waals surface area contributed by atoms with Gasteiger partial charge < -0.3 is 9.53 Å². The molecule has 2 fully saturated rings. The fourth-order valence-electron chi connectivity index (χ4n) is 6.49. The average molecular weight is 332 g/mol. The summed E-state index contributed by atoms with van der Waals surface area (Å²) in [6.07, 6.45) is 9.61. The monoisotopic (exact) mass is 332 g/mol. The molecule has 0 radical (unpaired) electrons. The lowest BCUT2D eigenvalue weighted by molar-refractivity contribution is -0.166. The number of carbonyl (C=O) groups is 2. The Morgan fingerprint density at radius 3 is 2.58 bits per heavy atom. The lowest BCUT2D eigenvalue weighted by Crippen LogP contribution is -2.53. The van der Waals surface area contributed by atoms with Gasteiger partial charge in [-0.1, -0.05) is 38.8 Å². The van der Waals surface area contributed by atoms with Gasteiger partial charge in [0.15, 0.2) is 0 Å². The molecule has 5 atom stereocenters. The van der Waals surface area contributed by atoms with E-state index in [2.05, 4.69) is 33.8 Å². The lowest BCUT2D eigenvalue weighted by Gasteiger charge is -2.56. The Bertz CT molecular complexity index is 578. The Labute approximate surface area is 146 Å². The average Bonchev–Trinajstić information content (AvgIpc) is 2.95. The molecule has 3 aliphatic rings. The molecule has 0 N–H and O–H groups in total. The molecule has 0 bridgehead atoms. The minimum absolute atomic E-state index is 0.0567. The van der Waals surface area contributed by atoms with Crippen LogP contribution in [0.25, 0.3) is 0 Å². The number of esters is 1. The summed E-state index contributed by atoms with van der Waals surface area (Å²) in [7, 11) is 1.51. The van der Waals surface area contributed by atoms with Crippen LogP contribution >= 0.6 is 0 Å². The molecule has 3 aliphatic carbocycles. The highest BCUT2D eigenvalue weighted by Gasteiger charge is 2.61. The molecule has 1 unspecified atom stereocenters. The van der Waals surface area contributed by atoms with Crippen molar-refractivity contribution in [3.63, 3.8) is 0 Å². The summed E-state index contributed by atoms with van der Waals surface area (Å²) in [5, 5.41) is 0. The third-order valence-corrected chi connectivity index (χ3v) is 8.00. The van der Waals surface area contributed by atoms with Crippen molar-refractivity contribution in [2.24, 2.45) is 34.0 Å². The van der Waals surface area contributed by atoms with Crippen molar-refractivity contribution >= 4 is 12.3 Å². The van der Waals surface area contributed by atoms with E-state index in [9.17, 15) is 9.59 Å². The number of fused-ring (bicyclic) bond motifs is 3. The number of allylic oxidation sites excluding steroid dienone is 2. The van der Waals surface area contributed by atoms with E-state index in [1.807, 2.05) is 0 Å². The van der Waals surface area contributed by atoms with Gasteiger partial charge >= 0.3 is 5.97 Å². The molecular formula is C21H32O3. The van der Waals surface area contributed by atoms with Crippen molar-refractivity contribution in [1.29, 1.82) is 0 Å². The fraction of sp³-hybridized carbons (Fsp3) is 0.810. The maximum absolute atomic E-state index is 12.6. The van der Waals surface area contributed by atoms with Crippen LogP contribution < -0.4 is 0 Å². The summed E-state index contributed by atoms with van der Waals surface area (Å²) in [5.74, 6) is 1.03. The van der Waals surface area contributed by atoms with Crippen LogP contribution in [0.5, 0.6) is 0 Å². The Hall–Kier alpha value is -1.12. The third-order valence-electron chi connectivity index (χ3n) is 8.00. The van der Waals surface area contributed by atoms with Gasteiger partial charge in [0.05, 0.1) is 12.5 Å². The van der Waals surface area contributed by atoms with E-state index in [-0.39, 0.29) is 16.8 Å². The summed E-state index contributed by atoms with van der Waals surface area (Å²) < 4.78 is 5.18. The van der Waals surface area contributed by atoms with Crippen molar-refractivity contribution in [2.45, 2.75) is 66.2 Å². The Kier molecular flexibility index (Phi) is 4.21. The molecular weight excluding hydrogens is 300 g/mol. The van der Waals surface area contributed by atoms with Crippen LogP contribution in [0.4, 0.5) is 0 Å². The lowest BCUT2D eigenvalue weighted by atomic mass is 9.47. The second-order valence-corrected chi connectivity index (χ2v) is 9.12. The Balaban J connectivity index is 2.05. The van der Waals surface area contributed by atoms with Gasteiger partial charge in [0, 0.05) is 5.41 Å². The second kappa shape index (κ2) is 5.71. The van der Waals surface area contributed by atoms with E-state index in [0.717, 1.165) is 38.5 Å². The summed E-state index contributed by atoms with van der Waals surface area (Å²) in [5.41, 5.74) is 0.803. The van der Waals surface area contributed by atoms with Gasteiger partial charge in [0.25, 0.3) is 0 Å². The summed E-state index contributed by atoms with van der Waals surface area (Å²) in [6, 6.07) is 0. The number of hydrogen-bond donors (Lipinski definition) is 0. The van der Waals surface area contributed by atoms with E-state index < -0.39 is 5.41 Å². The van der Waals surface area contributed by atoms with Crippen LogP contribution in [0, 0.1) is 34.0 Å². The van der Waals surface area contributed by atoms with E-state index >= 15 is 0 Å². The van der Waals surface area contributed by atoms with Gasteiger partial charge in [-0.3, -0.25) is 4.79 Å². The summed E-state index contributed by atoms with van der Waals surface area (Å²) in [6.45, 7) is 8.82. The van der Waals surface area contributed by atoms with E-state index in [1.165, 1.54) is 19.0 Å². The largest absolute Gasteiger partial charge is 0.469 e. The Morgan fingerprint density at radius 2 is 2.00 bits per heavy atom. The molecule has 24 heavy (non-hydrogen) atoms. The quantitative estimate of drug-likeness (QED) is 0.432. The molecule has 0 heterocycles. The molecule has 0 amide bonds. The van der Waals surface area contributed by atoms with Gasteiger partial charge in [-0.2, -0.15) is 0 Å². The minimum Gasteiger partial charge on any atom is -0.469 e. The summed E-state index contributed by atoms with van der Waals surface area (Å²) in [4.78, 5) is 24.6. The summed E-state index contributed by atoms with van der Waals surface area (Å²) >= 11 is 0. The SMILES string of the molecule is COC(=O)[C@]1(C)CCC[C@@]2(C)[C@H]1CC=C1[C@@H]2CCC1(C=O)C(C)C. The van der Waals surface area contributed by atoms with Gasteiger partial charge in [-0.05, 0) is 62.2 Å². The molecule has 3 rings (SSSR count). The first-order valence-electron chi connectivity index (χ1n) is 9.51. The number of carbonyl (C=O) groups excluding carboxylic acids is 2. The normalized spacial score (nSPS) is 44.5. The highest BCUT2D eigenvalue weighted by molar-refractivity contribution is 5.77. The zero-order valence-corrected chi connectivity index (χ0v) is 15.9. The number of rotatable bonds is 3. The topological polar surface area (TPSA) is 43.4 Å². The van der Waals surface area contributed by atoms with E-state index in [1.54, 1.807) is 0 Å². The zero-order valence-electron chi connectivity index (χ0n) is 15.9. The number of ether oxygens (including phenoxy) is 1. The van der Waals surface area contributed by atoms with Gasteiger partial charge in [0.2, 0.25) is 0 Å². The third kappa shape index (κ3) is 2.09. The first-order chi connectivity index (χ1) is 11.3. The molecule has 0 aliphatic heterocycles. The first-order valence-corrected chi connectivity index (χ1v) is 9.51.